The third-order valence-electron chi connectivity index (χ3n) is 4.15. The van der Waals surface area contributed by atoms with Crippen molar-refractivity contribution in [2.75, 3.05) is 26.3 Å². The van der Waals surface area contributed by atoms with E-state index in [1.807, 2.05) is 28.8 Å². The summed E-state index contributed by atoms with van der Waals surface area (Å²) in [6, 6.07) is 8.07. The predicted molar refractivity (Wildman–Crippen MR) is 77.9 cm³/mol. The first kappa shape index (κ1) is 13.4. The van der Waals surface area contributed by atoms with Gasteiger partial charge in [-0.2, -0.15) is 0 Å². The minimum absolute atomic E-state index is 0.0200. The molecule has 1 aliphatic rings. The highest BCUT2D eigenvalue weighted by Gasteiger charge is 2.23. The number of nitrogens with one attached hydrogen (secondary N) is 1. The Kier molecular flexibility index (Phi) is 3.87. The van der Waals surface area contributed by atoms with Gasteiger partial charge in [0, 0.05) is 25.7 Å². The number of alkyl halides is 1. The lowest BCUT2D eigenvalue weighted by Crippen LogP contribution is -2.37. The second-order valence-electron chi connectivity index (χ2n) is 5.43. The Hall–Kier alpha value is -1.62. The molecule has 2 aromatic rings. The number of aromatic amines is 1. The molecule has 0 bridgehead atoms. The molecule has 20 heavy (non-hydrogen) atoms. The Labute approximate surface area is 117 Å². The van der Waals surface area contributed by atoms with Crippen molar-refractivity contribution in [2.45, 2.75) is 25.3 Å². The van der Waals surface area contributed by atoms with Crippen LogP contribution in [-0.2, 0) is 0 Å². The van der Waals surface area contributed by atoms with Gasteiger partial charge in [0.05, 0.1) is 17.7 Å². The number of rotatable bonds is 4. The van der Waals surface area contributed by atoms with Crippen LogP contribution in [-0.4, -0.2) is 40.8 Å². The zero-order valence-corrected chi connectivity index (χ0v) is 11.5. The van der Waals surface area contributed by atoms with Crippen molar-refractivity contribution in [2.24, 2.45) is 0 Å². The monoisotopic (exact) mass is 277 g/mol. The van der Waals surface area contributed by atoms with E-state index in [0.29, 0.717) is 6.42 Å². The van der Waals surface area contributed by atoms with E-state index < -0.39 is 0 Å². The van der Waals surface area contributed by atoms with Crippen molar-refractivity contribution in [3.05, 3.63) is 34.7 Å². The van der Waals surface area contributed by atoms with Crippen molar-refractivity contribution < 1.29 is 4.39 Å². The third kappa shape index (κ3) is 2.50. The maximum Gasteiger partial charge on any atom is 0.326 e. The first-order chi connectivity index (χ1) is 9.79. The highest BCUT2D eigenvalue weighted by atomic mass is 19.1. The number of hydrogen-bond acceptors (Lipinski definition) is 2. The molecule has 0 aliphatic carbocycles. The van der Waals surface area contributed by atoms with Gasteiger partial charge in [0.15, 0.2) is 0 Å². The molecule has 1 fully saturated rings. The molecule has 2 heterocycles. The summed E-state index contributed by atoms with van der Waals surface area (Å²) in [5.41, 5.74) is 1.87. The van der Waals surface area contributed by atoms with Gasteiger partial charge in [0.25, 0.3) is 0 Å². The number of likely N-dealkylation sites (tertiary alicyclic amines) is 1. The Morgan fingerprint density at radius 2 is 2.00 bits per heavy atom. The molecule has 1 saturated heterocycles. The number of hydrogen-bond donors (Lipinski definition) is 1. The van der Waals surface area contributed by atoms with E-state index in [9.17, 15) is 9.18 Å². The van der Waals surface area contributed by atoms with Gasteiger partial charge in [0.1, 0.15) is 0 Å². The lowest BCUT2D eigenvalue weighted by atomic mass is 10.0. The van der Waals surface area contributed by atoms with Gasteiger partial charge < -0.3 is 9.88 Å². The number of benzene rings is 1. The highest BCUT2D eigenvalue weighted by Crippen LogP contribution is 2.24. The van der Waals surface area contributed by atoms with Gasteiger partial charge >= 0.3 is 5.69 Å². The standard InChI is InChI=1S/C15H20FN3O/c16-8-3-9-18-10-6-12(7-11-18)19-14-5-2-1-4-13(14)17-15(19)20/h1-2,4-5,12H,3,6-11H2,(H,17,20). The zero-order valence-electron chi connectivity index (χ0n) is 11.5. The van der Waals surface area contributed by atoms with Crippen molar-refractivity contribution >= 4 is 11.0 Å². The van der Waals surface area contributed by atoms with Crippen LogP contribution in [0.1, 0.15) is 25.3 Å². The summed E-state index contributed by atoms with van der Waals surface area (Å²) in [6.07, 6.45) is 2.51. The number of para-hydroxylation sites is 2. The summed E-state index contributed by atoms with van der Waals surface area (Å²) in [6.45, 7) is 2.46. The lowest BCUT2D eigenvalue weighted by molar-refractivity contribution is 0.181. The average Bonchev–Trinajstić information content (AvgIpc) is 2.81. The van der Waals surface area contributed by atoms with Crippen LogP contribution in [0.4, 0.5) is 4.39 Å². The van der Waals surface area contributed by atoms with Gasteiger partial charge in [-0.15, -0.1) is 0 Å². The van der Waals surface area contributed by atoms with Crippen LogP contribution in [0.15, 0.2) is 29.1 Å². The van der Waals surface area contributed by atoms with Crippen LogP contribution < -0.4 is 5.69 Å². The largest absolute Gasteiger partial charge is 0.326 e. The van der Waals surface area contributed by atoms with Gasteiger partial charge in [-0.3, -0.25) is 8.96 Å². The molecule has 108 valence electrons. The minimum atomic E-state index is -0.248. The van der Waals surface area contributed by atoms with Crippen LogP contribution in [0, 0.1) is 0 Å². The van der Waals surface area contributed by atoms with E-state index in [4.69, 9.17) is 0 Å². The van der Waals surface area contributed by atoms with E-state index in [1.165, 1.54) is 0 Å². The fourth-order valence-corrected chi connectivity index (χ4v) is 3.12. The van der Waals surface area contributed by atoms with Crippen molar-refractivity contribution in [1.29, 1.82) is 0 Å². The van der Waals surface area contributed by atoms with E-state index in [0.717, 1.165) is 43.5 Å². The second kappa shape index (κ2) is 5.79. The third-order valence-corrected chi connectivity index (χ3v) is 4.15. The first-order valence-corrected chi connectivity index (χ1v) is 7.27. The van der Waals surface area contributed by atoms with Crippen molar-refractivity contribution in [3.8, 4) is 0 Å². The van der Waals surface area contributed by atoms with E-state index in [2.05, 4.69) is 9.88 Å². The lowest BCUT2D eigenvalue weighted by Gasteiger charge is -2.32. The molecule has 0 unspecified atom stereocenters. The Morgan fingerprint density at radius 1 is 1.25 bits per heavy atom. The van der Waals surface area contributed by atoms with Gasteiger partial charge in [0.2, 0.25) is 0 Å². The number of aromatic nitrogens is 2. The summed E-state index contributed by atoms with van der Waals surface area (Å²) in [4.78, 5) is 17.3. The van der Waals surface area contributed by atoms with E-state index in [1.54, 1.807) is 0 Å². The first-order valence-electron chi connectivity index (χ1n) is 7.27. The number of imidazole rings is 1. The summed E-state index contributed by atoms with van der Waals surface area (Å²) in [5.74, 6) is 0. The maximum atomic E-state index is 12.2. The fourth-order valence-electron chi connectivity index (χ4n) is 3.12. The Balaban J connectivity index is 1.77. The predicted octanol–water partition coefficient (Wildman–Crippen LogP) is 2.33. The summed E-state index contributed by atoms with van der Waals surface area (Å²) in [7, 11) is 0. The summed E-state index contributed by atoms with van der Waals surface area (Å²) < 4.78 is 14.1. The molecule has 0 saturated carbocycles. The summed E-state index contributed by atoms with van der Waals surface area (Å²) in [5, 5.41) is 0. The molecule has 0 atom stereocenters. The molecular weight excluding hydrogens is 257 g/mol. The molecular formula is C15H20FN3O. The molecule has 5 heteroatoms. The maximum absolute atomic E-state index is 12.2. The molecule has 0 spiro atoms. The normalized spacial score (nSPS) is 17.9. The van der Waals surface area contributed by atoms with Crippen LogP contribution >= 0.6 is 0 Å². The number of piperidine rings is 1. The Morgan fingerprint density at radius 3 is 2.75 bits per heavy atom. The van der Waals surface area contributed by atoms with Gasteiger partial charge in [-0.05, 0) is 31.4 Å². The zero-order chi connectivity index (χ0) is 13.9. The van der Waals surface area contributed by atoms with E-state index in [-0.39, 0.29) is 18.4 Å². The molecule has 0 radical (unpaired) electrons. The number of fused-ring (bicyclic) bond motifs is 1. The highest BCUT2D eigenvalue weighted by molar-refractivity contribution is 5.75. The molecule has 4 nitrogen and oxygen atoms in total. The fraction of sp³-hybridized carbons (Fsp3) is 0.533. The molecule has 1 aliphatic heterocycles. The quantitative estimate of drug-likeness (QED) is 0.932. The molecule has 0 amide bonds. The minimum Gasteiger partial charge on any atom is -0.306 e. The average molecular weight is 277 g/mol. The topological polar surface area (TPSA) is 41.0 Å². The van der Waals surface area contributed by atoms with Gasteiger partial charge in [-0.1, -0.05) is 12.1 Å². The SMILES string of the molecule is O=c1[nH]c2ccccc2n1C1CCN(CCCF)CC1. The molecule has 3 rings (SSSR count). The Bertz CT molecular complexity index is 625. The molecule has 1 aromatic carbocycles. The number of nitrogens with zero attached hydrogens (tertiary/aromatic N) is 2. The molecule has 1 aromatic heterocycles. The van der Waals surface area contributed by atoms with Crippen molar-refractivity contribution in [3.63, 3.8) is 0 Å². The van der Waals surface area contributed by atoms with E-state index >= 15 is 0 Å². The number of halogens is 1. The van der Waals surface area contributed by atoms with Crippen LogP contribution in [0.5, 0.6) is 0 Å². The van der Waals surface area contributed by atoms with Crippen LogP contribution in [0.2, 0.25) is 0 Å². The smallest absolute Gasteiger partial charge is 0.306 e. The molecule has 1 N–H and O–H groups in total. The van der Waals surface area contributed by atoms with Crippen LogP contribution in [0.3, 0.4) is 0 Å². The van der Waals surface area contributed by atoms with Crippen molar-refractivity contribution in [1.82, 2.24) is 14.5 Å². The second-order valence-corrected chi connectivity index (χ2v) is 5.43. The number of H-pyrrole nitrogens is 1. The summed E-state index contributed by atoms with van der Waals surface area (Å²) >= 11 is 0. The van der Waals surface area contributed by atoms with Gasteiger partial charge in [-0.25, -0.2) is 4.79 Å². The van der Waals surface area contributed by atoms with Crippen LogP contribution in [0.25, 0.3) is 11.0 Å².